The first-order valence-corrected chi connectivity index (χ1v) is 9.70. The second-order valence-corrected chi connectivity index (χ2v) is 7.86. The molecule has 126 valence electrons. The topological polar surface area (TPSA) is 79.3 Å². The summed E-state index contributed by atoms with van der Waals surface area (Å²) in [6, 6.07) is 10.0. The van der Waals surface area contributed by atoms with Crippen molar-refractivity contribution in [1.82, 2.24) is 10.3 Å². The molecule has 1 unspecified atom stereocenters. The first-order chi connectivity index (χ1) is 11.6. The highest BCUT2D eigenvalue weighted by molar-refractivity contribution is 7.99. The molecule has 1 aromatic carbocycles. The molecule has 3 rings (SSSR count). The zero-order valence-electron chi connectivity index (χ0n) is 13.0. The van der Waals surface area contributed by atoms with Crippen LogP contribution in [0.15, 0.2) is 35.7 Å². The molecule has 1 aliphatic rings. The Morgan fingerprint density at radius 1 is 1.29 bits per heavy atom. The molecule has 1 aromatic heterocycles. The number of carboxylic acids is 1. The van der Waals surface area contributed by atoms with Crippen molar-refractivity contribution >= 4 is 35.0 Å². The van der Waals surface area contributed by atoms with Gasteiger partial charge >= 0.3 is 5.97 Å². The molecular weight excluding hydrogens is 344 g/mol. The fourth-order valence-electron chi connectivity index (χ4n) is 2.64. The molecule has 7 heteroatoms. The first-order valence-electron chi connectivity index (χ1n) is 7.67. The van der Waals surface area contributed by atoms with Crippen molar-refractivity contribution in [3.63, 3.8) is 0 Å². The van der Waals surface area contributed by atoms with Gasteiger partial charge in [-0.15, -0.1) is 11.3 Å². The van der Waals surface area contributed by atoms with Crippen LogP contribution < -0.4 is 5.32 Å². The summed E-state index contributed by atoms with van der Waals surface area (Å²) in [4.78, 5) is 28.2. The quantitative estimate of drug-likeness (QED) is 0.825. The number of hydrogen-bond donors (Lipinski definition) is 2. The third kappa shape index (κ3) is 3.96. The maximum absolute atomic E-state index is 12.2. The molecule has 0 bridgehead atoms. The molecule has 2 heterocycles. The molecule has 1 fully saturated rings. The molecule has 0 spiro atoms. The van der Waals surface area contributed by atoms with Gasteiger partial charge in [-0.25, -0.2) is 9.78 Å². The number of thiazole rings is 1. The van der Waals surface area contributed by atoms with Gasteiger partial charge in [-0.1, -0.05) is 30.3 Å². The van der Waals surface area contributed by atoms with Gasteiger partial charge in [-0.3, -0.25) is 4.79 Å². The molecule has 1 amide bonds. The van der Waals surface area contributed by atoms with E-state index in [0.717, 1.165) is 17.2 Å². The van der Waals surface area contributed by atoms with Crippen molar-refractivity contribution in [2.45, 2.75) is 24.8 Å². The van der Waals surface area contributed by atoms with Crippen LogP contribution >= 0.6 is 23.1 Å². The van der Waals surface area contributed by atoms with E-state index in [1.54, 1.807) is 11.8 Å². The maximum atomic E-state index is 12.2. The number of carboxylic acid groups (broad SMARTS) is 1. The predicted molar refractivity (Wildman–Crippen MR) is 95.5 cm³/mol. The zero-order valence-corrected chi connectivity index (χ0v) is 14.7. The Balaban J connectivity index is 1.60. The smallest absolute Gasteiger partial charge is 0.330 e. The number of benzene rings is 1. The molecule has 2 N–H and O–H groups in total. The number of amides is 1. The van der Waals surface area contributed by atoms with E-state index in [1.807, 2.05) is 35.7 Å². The highest BCUT2D eigenvalue weighted by Gasteiger charge is 2.43. The Hall–Kier alpha value is -1.86. The van der Waals surface area contributed by atoms with Gasteiger partial charge in [0.2, 0.25) is 5.91 Å². The number of rotatable bonds is 6. The number of thioether (sulfide) groups is 1. The van der Waals surface area contributed by atoms with Crippen LogP contribution in [-0.2, 0) is 22.4 Å². The number of carbonyl (C=O) groups excluding carboxylic acids is 1. The predicted octanol–water partition coefficient (Wildman–Crippen LogP) is 2.35. The second kappa shape index (κ2) is 7.36. The van der Waals surface area contributed by atoms with Crippen molar-refractivity contribution in [1.29, 1.82) is 0 Å². The lowest BCUT2D eigenvalue weighted by Crippen LogP contribution is -2.55. The minimum atomic E-state index is -1.12. The van der Waals surface area contributed by atoms with Crippen molar-refractivity contribution in [2.24, 2.45) is 0 Å². The van der Waals surface area contributed by atoms with Crippen LogP contribution in [0.5, 0.6) is 0 Å². The van der Waals surface area contributed by atoms with E-state index in [4.69, 9.17) is 0 Å². The van der Waals surface area contributed by atoms with Crippen molar-refractivity contribution in [2.75, 3.05) is 11.5 Å². The fraction of sp³-hybridized carbons (Fsp3) is 0.353. The van der Waals surface area contributed by atoms with Crippen LogP contribution in [0.3, 0.4) is 0 Å². The number of aliphatic carboxylic acids is 1. The molecule has 5 nitrogen and oxygen atoms in total. The lowest BCUT2D eigenvalue weighted by Gasteiger charge is -2.24. The Kier molecular flexibility index (Phi) is 5.20. The highest BCUT2D eigenvalue weighted by atomic mass is 32.2. The van der Waals surface area contributed by atoms with E-state index in [0.29, 0.717) is 17.9 Å². The van der Waals surface area contributed by atoms with Gasteiger partial charge in [-0.05, 0) is 17.7 Å². The Bertz CT molecular complexity index is 724. The van der Waals surface area contributed by atoms with Crippen LogP contribution in [0.25, 0.3) is 0 Å². The van der Waals surface area contributed by atoms with E-state index >= 15 is 0 Å². The van der Waals surface area contributed by atoms with Crippen LogP contribution in [0.4, 0.5) is 0 Å². The number of aromatic nitrogens is 1. The van der Waals surface area contributed by atoms with Crippen molar-refractivity contribution < 1.29 is 14.7 Å². The number of nitrogens with zero attached hydrogens (tertiary/aromatic N) is 1. The summed E-state index contributed by atoms with van der Waals surface area (Å²) in [6.07, 6.45) is 1.32. The number of carbonyl (C=O) groups is 2. The SMILES string of the molecule is O=C(Cc1csc(Cc2ccccc2)n1)NC1(C(=O)O)CCSC1. The maximum Gasteiger partial charge on any atom is 0.330 e. The van der Waals surface area contributed by atoms with Gasteiger partial charge in [0.1, 0.15) is 5.54 Å². The standard InChI is InChI=1S/C17H18N2O3S2/c20-14(19-17(16(21)22)6-7-23-11-17)9-13-10-24-15(18-13)8-12-4-2-1-3-5-12/h1-5,10H,6-9,11H2,(H,19,20)(H,21,22). The summed E-state index contributed by atoms with van der Waals surface area (Å²) in [5, 5.41) is 14.9. The summed E-state index contributed by atoms with van der Waals surface area (Å²) in [6.45, 7) is 0. The Labute approximate surface area is 148 Å². The van der Waals surface area contributed by atoms with E-state index in [-0.39, 0.29) is 12.3 Å². The van der Waals surface area contributed by atoms with Gasteiger partial charge in [0.25, 0.3) is 0 Å². The Morgan fingerprint density at radius 2 is 2.08 bits per heavy atom. The van der Waals surface area contributed by atoms with E-state index < -0.39 is 11.5 Å². The zero-order chi connectivity index (χ0) is 17.0. The van der Waals surface area contributed by atoms with Crippen LogP contribution in [0, 0.1) is 0 Å². The van der Waals surface area contributed by atoms with Gasteiger partial charge in [0, 0.05) is 17.6 Å². The molecule has 1 saturated heterocycles. The molecule has 0 radical (unpaired) electrons. The van der Waals surface area contributed by atoms with Gasteiger partial charge in [0.05, 0.1) is 17.1 Å². The molecular formula is C17H18N2O3S2. The lowest BCUT2D eigenvalue weighted by atomic mass is 9.99. The number of hydrogen-bond acceptors (Lipinski definition) is 5. The molecule has 1 atom stereocenters. The molecule has 0 aliphatic carbocycles. The summed E-state index contributed by atoms with van der Waals surface area (Å²) in [5.41, 5.74) is 0.746. The average molecular weight is 362 g/mol. The van der Waals surface area contributed by atoms with Crippen LogP contribution in [0.1, 0.15) is 22.7 Å². The highest BCUT2D eigenvalue weighted by Crippen LogP contribution is 2.28. The van der Waals surface area contributed by atoms with Crippen LogP contribution in [-0.4, -0.2) is 39.0 Å². The third-order valence-electron chi connectivity index (χ3n) is 3.95. The molecule has 1 aliphatic heterocycles. The van der Waals surface area contributed by atoms with E-state index in [9.17, 15) is 14.7 Å². The van der Waals surface area contributed by atoms with E-state index in [2.05, 4.69) is 10.3 Å². The monoisotopic (exact) mass is 362 g/mol. The minimum Gasteiger partial charge on any atom is -0.479 e. The largest absolute Gasteiger partial charge is 0.479 e. The number of nitrogens with one attached hydrogen (secondary N) is 1. The summed E-state index contributed by atoms with van der Waals surface area (Å²) >= 11 is 3.08. The average Bonchev–Trinajstić information content (AvgIpc) is 3.19. The molecule has 0 saturated carbocycles. The fourth-order valence-corrected chi connectivity index (χ4v) is 4.80. The normalized spacial score (nSPS) is 20.0. The van der Waals surface area contributed by atoms with Crippen molar-refractivity contribution in [3.8, 4) is 0 Å². The summed E-state index contributed by atoms with van der Waals surface area (Å²) in [7, 11) is 0. The van der Waals surface area contributed by atoms with E-state index in [1.165, 1.54) is 16.9 Å². The Morgan fingerprint density at radius 3 is 2.75 bits per heavy atom. The molecule has 2 aromatic rings. The van der Waals surface area contributed by atoms with Gasteiger partial charge in [-0.2, -0.15) is 11.8 Å². The minimum absolute atomic E-state index is 0.116. The van der Waals surface area contributed by atoms with Crippen molar-refractivity contribution in [3.05, 3.63) is 52.0 Å². The first kappa shape index (κ1) is 17.0. The summed E-state index contributed by atoms with van der Waals surface area (Å²) in [5.74, 6) is -0.0603. The molecule has 24 heavy (non-hydrogen) atoms. The summed E-state index contributed by atoms with van der Waals surface area (Å²) < 4.78 is 0. The van der Waals surface area contributed by atoms with Gasteiger partial charge < -0.3 is 10.4 Å². The lowest BCUT2D eigenvalue weighted by molar-refractivity contribution is -0.146. The second-order valence-electron chi connectivity index (χ2n) is 5.81. The third-order valence-corrected chi connectivity index (χ3v) is 6.04. The van der Waals surface area contributed by atoms with Crippen LogP contribution in [0.2, 0.25) is 0 Å². The van der Waals surface area contributed by atoms with Gasteiger partial charge in [0.15, 0.2) is 0 Å².